The number of carbonyl (C=O) groups is 1. The van der Waals surface area contributed by atoms with Crippen LogP contribution < -0.4 is 0 Å². The van der Waals surface area contributed by atoms with Crippen LogP contribution in [-0.2, 0) is 14.6 Å². The van der Waals surface area contributed by atoms with E-state index in [1.807, 2.05) is 41.3 Å². The number of rotatable bonds is 5. The molecule has 1 aliphatic carbocycles. The molecule has 1 aliphatic heterocycles. The fraction of sp³-hybridized carbons (Fsp3) is 0.500. The summed E-state index contributed by atoms with van der Waals surface area (Å²) < 4.78 is 23.9. The molecule has 2 aromatic rings. The van der Waals surface area contributed by atoms with Crippen molar-refractivity contribution in [2.24, 2.45) is 0 Å². The Kier molecular flexibility index (Phi) is 5.41. The number of para-hydroxylation sites is 1. The number of pyridine rings is 1. The van der Waals surface area contributed by atoms with Gasteiger partial charge in [-0.1, -0.05) is 48.9 Å². The molecule has 5 nitrogen and oxygen atoms in total. The topological polar surface area (TPSA) is 67.3 Å². The first-order valence-electron chi connectivity index (χ1n) is 9.52. The maximum Gasteiger partial charge on any atom is 0.233 e. The highest BCUT2D eigenvalue weighted by Crippen LogP contribution is 2.30. The fourth-order valence-corrected chi connectivity index (χ4v) is 6.68. The summed E-state index contributed by atoms with van der Waals surface area (Å²) in [6.45, 7) is 0. The lowest BCUT2D eigenvalue weighted by Crippen LogP contribution is -2.47. The third-order valence-corrected chi connectivity index (χ3v) is 8.19. The minimum atomic E-state index is -3.01. The van der Waals surface area contributed by atoms with Crippen molar-refractivity contribution in [1.29, 1.82) is 0 Å². The van der Waals surface area contributed by atoms with Crippen molar-refractivity contribution in [2.75, 3.05) is 17.3 Å². The maximum atomic E-state index is 13.0. The molecule has 0 bridgehead atoms. The molecule has 0 unspecified atom stereocenters. The van der Waals surface area contributed by atoms with Crippen LogP contribution in [0.5, 0.6) is 0 Å². The fourth-order valence-electron chi connectivity index (χ4n) is 4.22. The third kappa shape index (κ3) is 4.29. The second-order valence-corrected chi connectivity index (χ2v) is 10.7. The normalized spacial score (nSPS) is 22.3. The van der Waals surface area contributed by atoms with Gasteiger partial charge >= 0.3 is 0 Å². The molecule has 1 atom stereocenters. The minimum Gasteiger partial charge on any atom is -0.335 e. The van der Waals surface area contributed by atoms with E-state index in [4.69, 9.17) is 0 Å². The third-order valence-electron chi connectivity index (χ3n) is 5.52. The molecule has 0 N–H and O–H groups in total. The molecule has 1 aromatic carbocycles. The standard InChI is InChI=1S/C20H24N2O3S2/c23-20(13-26-19-10-9-15-5-1-4-8-18(15)21-19)22(16-6-2-3-7-16)17-11-12-27(24,25)14-17/h1,4-5,8-10,16-17H,2-3,6-7,11-14H2/t17-/m0/s1. The molecule has 0 radical (unpaired) electrons. The molecule has 1 amide bonds. The smallest absolute Gasteiger partial charge is 0.233 e. The summed E-state index contributed by atoms with van der Waals surface area (Å²) in [7, 11) is -3.01. The van der Waals surface area contributed by atoms with Crippen molar-refractivity contribution in [3.63, 3.8) is 0 Å². The van der Waals surface area contributed by atoms with Crippen LogP contribution in [0.1, 0.15) is 32.1 Å². The summed E-state index contributed by atoms with van der Waals surface area (Å²) in [6, 6.07) is 11.9. The number of hydrogen-bond acceptors (Lipinski definition) is 5. The Morgan fingerprint density at radius 2 is 1.85 bits per heavy atom. The number of hydrogen-bond donors (Lipinski definition) is 0. The summed E-state index contributed by atoms with van der Waals surface area (Å²) >= 11 is 1.44. The van der Waals surface area contributed by atoms with Gasteiger partial charge in [-0.05, 0) is 31.4 Å². The Morgan fingerprint density at radius 1 is 1.07 bits per heavy atom. The summed E-state index contributed by atoms with van der Waals surface area (Å²) in [4.78, 5) is 19.6. The van der Waals surface area contributed by atoms with Gasteiger partial charge in [0.15, 0.2) is 9.84 Å². The molecule has 27 heavy (non-hydrogen) atoms. The van der Waals surface area contributed by atoms with Gasteiger partial charge in [0.05, 0.1) is 27.8 Å². The summed E-state index contributed by atoms with van der Waals surface area (Å²) in [5, 5.41) is 1.91. The minimum absolute atomic E-state index is 0.0453. The lowest BCUT2D eigenvalue weighted by atomic mass is 10.1. The molecule has 4 rings (SSSR count). The van der Waals surface area contributed by atoms with Gasteiger partial charge < -0.3 is 4.90 Å². The van der Waals surface area contributed by atoms with E-state index in [0.29, 0.717) is 12.2 Å². The van der Waals surface area contributed by atoms with E-state index >= 15 is 0 Å². The number of carbonyl (C=O) groups excluding carboxylic acids is 1. The second-order valence-electron chi connectivity index (χ2n) is 7.43. The Balaban J connectivity index is 1.47. The van der Waals surface area contributed by atoms with E-state index in [-0.39, 0.29) is 29.5 Å². The van der Waals surface area contributed by atoms with Crippen LogP contribution in [0.2, 0.25) is 0 Å². The molecule has 1 saturated heterocycles. The van der Waals surface area contributed by atoms with E-state index in [9.17, 15) is 13.2 Å². The van der Waals surface area contributed by atoms with Gasteiger partial charge in [0.25, 0.3) is 0 Å². The van der Waals surface area contributed by atoms with Crippen LogP contribution in [0.3, 0.4) is 0 Å². The molecule has 2 fully saturated rings. The van der Waals surface area contributed by atoms with Crippen molar-refractivity contribution in [1.82, 2.24) is 9.88 Å². The number of aromatic nitrogens is 1. The summed E-state index contributed by atoms with van der Waals surface area (Å²) in [6.07, 6.45) is 4.78. The lowest BCUT2D eigenvalue weighted by molar-refractivity contribution is -0.132. The highest BCUT2D eigenvalue weighted by Gasteiger charge is 2.38. The zero-order chi connectivity index (χ0) is 18.9. The number of thioether (sulfide) groups is 1. The zero-order valence-electron chi connectivity index (χ0n) is 15.2. The Labute approximate surface area is 164 Å². The molecule has 144 valence electrons. The number of benzene rings is 1. The SMILES string of the molecule is O=C(CSc1ccc2ccccc2n1)N(C1CCCC1)[C@H]1CCS(=O)(=O)C1. The molecular formula is C20H24N2O3S2. The van der Waals surface area contributed by atoms with Crippen molar-refractivity contribution in [3.05, 3.63) is 36.4 Å². The first-order chi connectivity index (χ1) is 13.0. The van der Waals surface area contributed by atoms with Gasteiger partial charge in [0, 0.05) is 17.5 Å². The highest BCUT2D eigenvalue weighted by atomic mass is 32.2. The summed E-state index contributed by atoms with van der Waals surface area (Å²) in [5.41, 5.74) is 0.921. The van der Waals surface area contributed by atoms with Crippen LogP contribution in [0.25, 0.3) is 10.9 Å². The predicted molar refractivity (Wildman–Crippen MR) is 109 cm³/mol. The first-order valence-corrected chi connectivity index (χ1v) is 12.3. The van der Waals surface area contributed by atoms with Gasteiger partial charge in [-0.15, -0.1) is 0 Å². The number of amides is 1. The predicted octanol–water partition coefficient (Wildman–Crippen LogP) is 3.29. The largest absolute Gasteiger partial charge is 0.335 e. The molecular weight excluding hydrogens is 380 g/mol. The monoisotopic (exact) mass is 404 g/mol. The molecule has 1 saturated carbocycles. The molecule has 7 heteroatoms. The van der Waals surface area contributed by atoms with Crippen LogP contribution in [0.4, 0.5) is 0 Å². The number of nitrogens with zero attached hydrogens (tertiary/aromatic N) is 2. The van der Waals surface area contributed by atoms with Crippen LogP contribution >= 0.6 is 11.8 Å². The zero-order valence-corrected chi connectivity index (χ0v) is 16.8. The Morgan fingerprint density at radius 3 is 2.59 bits per heavy atom. The molecule has 0 spiro atoms. The van der Waals surface area contributed by atoms with Gasteiger partial charge in [0.2, 0.25) is 5.91 Å². The lowest BCUT2D eigenvalue weighted by Gasteiger charge is -2.34. The van der Waals surface area contributed by atoms with E-state index < -0.39 is 9.84 Å². The average molecular weight is 405 g/mol. The van der Waals surface area contributed by atoms with Crippen molar-refractivity contribution in [3.8, 4) is 0 Å². The number of sulfone groups is 1. The van der Waals surface area contributed by atoms with Gasteiger partial charge in [-0.2, -0.15) is 0 Å². The quantitative estimate of drug-likeness (QED) is 0.716. The van der Waals surface area contributed by atoms with Crippen LogP contribution in [0, 0.1) is 0 Å². The maximum absolute atomic E-state index is 13.0. The van der Waals surface area contributed by atoms with E-state index in [1.165, 1.54) is 11.8 Å². The van der Waals surface area contributed by atoms with E-state index in [2.05, 4.69) is 4.98 Å². The molecule has 1 aromatic heterocycles. The van der Waals surface area contributed by atoms with Gasteiger partial charge in [-0.25, -0.2) is 13.4 Å². The number of fused-ring (bicyclic) bond motifs is 1. The summed E-state index contributed by atoms with van der Waals surface area (Å²) in [5.74, 6) is 0.670. The van der Waals surface area contributed by atoms with Crippen molar-refractivity contribution >= 4 is 38.4 Å². The van der Waals surface area contributed by atoms with Gasteiger partial charge in [-0.3, -0.25) is 4.79 Å². The van der Waals surface area contributed by atoms with Crippen LogP contribution in [0.15, 0.2) is 41.4 Å². The first kappa shape index (κ1) is 18.7. The molecule has 2 heterocycles. The Bertz CT molecular complexity index is 939. The van der Waals surface area contributed by atoms with E-state index in [0.717, 1.165) is 41.6 Å². The van der Waals surface area contributed by atoms with Gasteiger partial charge in [0.1, 0.15) is 0 Å². The highest BCUT2D eigenvalue weighted by molar-refractivity contribution is 7.99. The Hall–Kier alpha value is -1.60. The van der Waals surface area contributed by atoms with E-state index in [1.54, 1.807) is 0 Å². The van der Waals surface area contributed by atoms with Crippen LogP contribution in [-0.4, -0.2) is 53.6 Å². The second kappa shape index (κ2) is 7.80. The average Bonchev–Trinajstić information content (AvgIpc) is 3.30. The molecule has 2 aliphatic rings. The van der Waals surface area contributed by atoms with Crippen molar-refractivity contribution < 1.29 is 13.2 Å². The van der Waals surface area contributed by atoms with Crippen molar-refractivity contribution in [2.45, 2.75) is 49.2 Å².